The second kappa shape index (κ2) is 11.2. The highest BCUT2D eigenvalue weighted by atomic mass is 16.6. The number of phenols is 1. The van der Waals surface area contributed by atoms with Crippen LogP contribution in [0.4, 0.5) is 10.5 Å². The fourth-order valence-electron chi connectivity index (χ4n) is 2.54. The van der Waals surface area contributed by atoms with Crippen LogP contribution in [0.5, 0.6) is 5.75 Å². The van der Waals surface area contributed by atoms with Gasteiger partial charge in [0.05, 0.1) is 11.6 Å². The zero-order chi connectivity index (χ0) is 21.9. The minimum absolute atomic E-state index is 0.0303. The minimum atomic E-state index is -0.966. The fraction of sp³-hybridized carbons (Fsp3) is 0.190. The van der Waals surface area contributed by atoms with Crippen molar-refractivity contribution in [2.45, 2.75) is 19.1 Å². The molecule has 0 aliphatic rings. The van der Waals surface area contributed by atoms with Crippen LogP contribution in [0, 0.1) is 11.3 Å². The van der Waals surface area contributed by atoms with Gasteiger partial charge in [-0.05, 0) is 55.0 Å². The number of aromatic hydroxyl groups is 1. The molecule has 156 valence electrons. The Balaban J connectivity index is 2.25. The molecule has 0 saturated heterocycles. The summed E-state index contributed by atoms with van der Waals surface area (Å²) in [5.74, 6) is -0.742. The number of hydrogen-bond acceptors (Lipinski definition) is 7. The molecule has 2 rings (SSSR count). The third-order valence-corrected chi connectivity index (χ3v) is 3.92. The number of amides is 2. The van der Waals surface area contributed by atoms with Crippen LogP contribution in [0.2, 0.25) is 0 Å². The Kier molecular flexibility index (Phi) is 8.38. The number of nitrogens with zero attached hydrogens (tertiary/aromatic N) is 1. The first-order valence-electron chi connectivity index (χ1n) is 8.97. The first-order valence-corrected chi connectivity index (χ1v) is 8.97. The average Bonchev–Trinajstić information content (AvgIpc) is 2.76. The second-order valence-corrected chi connectivity index (χ2v) is 5.99. The normalized spacial score (nSPS) is 12.6. The van der Waals surface area contributed by atoms with E-state index in [1.165, 1.54) is 23.7 Å². The topological polar surface area (TPSA) is 141 Å². The molecular formula is C21H21N3O6. The molecule has 0 spiro atoms. The van der Waals surface area contributed by atoms with Gasteiger partial charge in [-0.1, -0.05) is 12.1 Å². The highest BCUT2D eigenvalue weighted by Crippen LogP contribution is 2.27. The molecule has 2 amide bonds. The summed E-state index contributed by atoms with van der Waals surface area (Å²) in [7, 11) is 0. The van der Waals surface area contributed by atoms with E-state index < -0.39 is 24.2 Å². The number of benzene rings is 2. The number of hydrogen-bond donors (Lipinski definition) is 4. The number of nitrogens with one attached hydrogen (secondary N) is 2. The molecule has 0 radical (unpaired) electrons. The van der Waals surface area contributed by atoms with Crippen molar-refractivity contribution in [2.24, 2.45) is 0 Å². The van der Waals surface area contributed by atoms with Crippen LogP contribution < -0.4 is 10.8 Å². The number of phenolic OH excluding ortho intramolecular Hbond substituents is 1. The molecule has 0 bridgehead atoms. The highest BCUT2D eigenvalue weighted by molar-refractivity contribution is 5.86. The van der Waals surface area contributed by atoms with Gasteiger partial charge >= 0.3 is 6.09 Å². The van der Waals surface area contributed by atoms with E-state index in [0.717, 1.165) is 6.08 Å². The number of anilines is 1. The van der Waals surface area contributed by atoms with Crippen molar-refractivity contribution in [1.29, 1.82) is 5.26 Å². The Morgan fingerprint density at radius 2 is 1.83 bits per heavy atom. The van der Waals surface area contributed by atoms with Gasteiger partial charge in [-0.2, -0.15) is 5.26 Å². The Labute approximate surface area is 173 Å². The van der Waals surface area contributed by atoms with E-state index in [9.17, 15) is 14.7 Å². The zero-order valence-corrected chi connectivity index (χ0v) is 16.1. The smallest absolute Gasteiger partial charge is 0.412 e. The number of rotatable bonds is 8. The van der Waals surface area contributed by atoms with Gasteiger partial charge in [0, 0.05) is 18.4 Å². The summed E-state index contributed by atoms with van der Waals surface area (Å²) >= 11 is 0. The molecule has 4 N–H and O–H groups in total. The van der Waals surface area contributed by atoms with Crippen LogP contribution in [-0.2, 0) is 14.3 Å². The van der Waals surface area contributed by atoms with E-state index in [-0.39, 0.29) is 12.4 Å². The molecule has 2 aromatic rings. The SMILES string of the molecule is CCO[C@H](/C=C/C(=O)NO)[C@H](OC(=O)Nc1ccc(C#N)cc1)c1ccc(O)cc1. The van der Waals surface area contributed by atoms with Crippen LogP contribution in [-0.4, -0.2) is 35.0 Å². The summed E-state index contributed by atoms with van der Waals surface area (Å²) in [6, 6.07) is 14.2. The van der Waals surface area contributed by atoms with Crippen molar-refractivity contribution in [3.63, 3.8) is 0 Å². The van der Waals surface area contributed by atoms with Crippen LogP contribution in [0.25, 0.3) is 0 Å². The summed E-state index contributed by atoms with van der Waals surface area (Å²) in [5, 5.41) is 29.6. The summed E-state index contributed by atoms with van der Waals surface area (Å²) in [6.45, 7) is 1.99. The summed E-state index contributed by atoms with van der Waals surface area (Å²) in [6.07, 6.45) is -0.213. The van der Waals surface area contributed by atoms with Crippen LogP contribution in [0.3, 0.4) is 0 Å². The molecule has 2 atom stereocenters. The maximum absolute atomic E-state index is 12.5. The number of nitriles is 1. The molecule has 0 unspecified atom stereocenters. The monoisotopic (exact) mass is 411 g/mol. The number of carbonyl (C=O) groups is 2. The lowest BCUT2D eigenvalue weighted by atomic mass is 10.0. The van der Waals surface area contributed by atoms with Crippen molar-refractivity contribution in [3.8, 4) is 11.8 Å². The predicted molar refractivity (Wildman–Crippen MR) is 107 cm³/mol. The molecule has 0 aliphatic heterocycles. The first-order chi connectivity index (χ1) is 14.5. The van der Waals surface area contributed by atoms with Gasteiger partial charge in [0.15, 0.2) is 6.10 Å². The standard InChI is InChI=1S/C21H21N3O6/c1-2-29-18(11-12-19(26)24-28)20(15-5-9-17(25)10-6-15)30-21(27)23-16-7-3-14(13-22)4-8-16/h3-12,18,20,25,28H,2H2,1H3,(H,23,27)(H,24,26)/b12-11+/t18-,20-/m1/s1. The Bertz CT molecular complexity index is 919. The van der Waals surface area contributed by atoms with Crippen molar-refractivity contribution in [2.75, 3.05) is 11.9 Å². The highest BCUT2D eigenvalue weighted by Gasteiger charge is 2.26. The molecule has 0 saturated carbocycles. The Morgan fingerprint density at radius 1 is 1.17 bits per heavy atom. The van der Waals surface area contributed by atoms with Gasteiger partial charge in [-0.25, -0.2) is 10.3 Å². The molecule has 0 aliphatic carbocycles. The third kappa shape index (κ3) is 6.63. The first kappa shape index (κ1) is 22.4. The predicted octanol–water partition coefficient (Wildman–Crippen LogP) is 3.02. The van der Waals surface area contributed by atoms with E-state index in [0.29, 0.717) is 16.8 Å². The van der Waals surface area contributed by atoms with E-state index in [2.05, 4.69) is 5.32 Å². The quantitative estimate of drug-likeness (QED) is 0.297. The Morgan fingerprint density at radius 3 is 2.40 bits per heavy atom. The molecule has 2 aromatic carbocycles. The number of carbonyl (C=O) groups excluding carboxylic acids is 2. The fourth-order valence-corrected chi connectivity index (χ4v) is 2.54. The molecule has 30 heavy (non-hydrogen) atoms. The average molecular weight is 411 g/mol. The molecule has 0 aromatic heterocycles. The lowest BCUT2D eigenvalue weighted by Crippen LogP contribution is -2.28. The third-order valence-electron chi connectivity index (χ3n) is 3.92. The molecule has 9 heteroatoms. The summed E-state index contributed by atoms with van der Waals surface area (Å²) < 4.78 is 11.2. The van der Waals surface area contributed by atoms with E-state index in [1.54, 1.807) is 43.3 Å². The van der Waals surface area contributed by atoms with Crippen LogP contribution in [0.1, 0.15) is 24.2 Å². The van der Waals surface area contributed by atoms with Gasteiger partial charge in [0.2, 0.25) is 0 Å². The Hall–Kier alpha value is -3.87. The van der Waals surface area contributed by atoms with Crippen molar-refractivity contribution in [1.82, 2.24) is 5.48 Å². The maximum atomic E-state index is 12.5. The lowest BCUT2D eigenvalue weighted by molar-refractivity contribution is -0.124. The van der Waals surface area contributed by atoms with Gasteiger partial charge in [-0.15, -0.1) is 0 Å². The molecule has 0 fully saturated rings. The lowest BCUT2D eigenvalue weighted by Gasteiger charge is -2.25. The summed E-state index contributed by atoms with van der Waals surface area (Å²) in [4.78, 5) is 23.8. The summed E-state index contributed by atoms with van der Waals surface area (Å²) in [5.41, 5.74) is 2.85. The minimum Gasteiger partial charge on any atom is -0.508 e. The number of hydroxylamine groups is 1. The van der Waals surface area contributed by atoms with Gasteiger partial charge in [0.25, 0.3) is 5.91 Å². The molecule has 0 heterocycles. The zero-order valence-electron chi connectivity index (χ0n) is 16.1. The van der Waals surface area contributed by atoms with Crippen molar-refractivity contribution in [3.05, 3.63) is 71.8 Å². The maximum Gasteiger partial charge on any atom is 0.412 e. The van der Waals surface area contributed by atoms with Crippen LogP contribution in [0.15, 0.2) is 60.7 Å². The van der Waals surface area contributed by atoms with Crippen LogP contribution >= 0.6 is 0 Å². The number of ether oxygens (including phenoxy) is 2. The largest absolute Gasteiger partial charge is 0.508 e. The molecule has 9 nitrogen and oxygen atoms in total. The molecular weight excluding hydrogens is 390 g/mol. The van der Waals surface area contributed by atoms with E-state index >= 15 is 0 Å². The van der Waals surface area contributed by atoms with E-state index in [4.69, 9.17) is 19.9 Å². The second-order valence-electron chi connectivity index (χ2n) is 5.99. The van der Waals surface area contributed by atoms with Gasteiger partial charge in [0.1, 0.15) is 11.9 Å². The van der Waals surface area contributed by atoms with Crippen molar-refractivity contribution >= 4 is 17.7 Å². The van der Waals surface area contributed by atoms with Gasteiger partial charge in [-0.3, -0.25) is 15.3 Å². The van der Waals surface area contributed by atoms with E-state index in [1.807, 2.05) is 6.07 Å². The van der Waals surface area contributed by atoms with Gasteiger partial charge < -0.3 is 14.6 Å². The van der Waals surface area contributed by atoms with Crippen molar-refractivity contribution < 1.29 is 29.4 Å².